The van der Waals surface area contributed by atoms with Crippen LogP contribution < -0.4 is 0 Å². The molecule has 0 amide bonds. The molecule has 0 saturated carbocycles. The summed E-state index contributed by atoms with van der Waals surface area (Å²) in [6, 6.07) is 15.2. The van der Waals surface area contributed by atoms with Gasteiger partial charge in [0.05, 0.1) is 0 Å². The number of benzene rings is 2. The summed E-state index contributed by atoms with van der Waals surface area (Å²) in [7, 11) is 0. The van der Waals surface area contributed by atoms with Crippen molar-refractivity contribution < 1.29 is 5.48 Å². The molecule has 1 unspecified atom stereocenters. The van der Waals surface area contributed by atoms with Crippen molar-refractivity contribution in [2.45, 2.75) is 26.2 Å². The van der Waals surface area contributed by atoms with Crippen LogP contribution in [-0.2, 0) is 6.42 Å². The highest BCUT2D eigenvalue weighted by Gasteiger charge is 2.06. The van der Waals surface area contributed by atoms with Crippen LogP contribution in [0.3, 0.4) is 0 Å². The number of hydrogen-bond donors (Lipinski definition) is 1. The number of H-pyrrole nitrogens is 1. The summed E-state index contributed by atoms with van der Waals surface area (Å²) < 4.78 is 0. The Labute approximate surface area is 117 Å². The van der Waals surface area contributed by atoms with Gasteiger partial charge >= 0.3 is 0 Å². The lowest BCUT2D eigenvalue weighted by Crippen LogP contribution is -1.86. The van der Waals surface area contributed by atoms with Crippen molar-refractivity contribution in [1.82, 2.24) is 4.98 Å². The number of aromatic nitrogens is 1. The third-order valence-electron chi connectivity index (χ3n) is 3.43. The van der Waals surface area contributed by atoms with Crippen LogP contribution in [0.25, 0.3) is 21.8 Å². The molecule has 0 radical (unpaired) electrons. The minimum absolute atomic E-state index is 0. The Bertz CT molecular complexity index is 660. The first-order valence-corrected chi connectivity index (χ1v) is 6.38. The zero-order valence-corrected chi connectivity index (χ0v) is 12.8. The van der Waals surface area contributed by atoms with Crippen molar-refractivity contribution in [2.75, 3.05) is 0 Å². The molecule has 2 aromatic carbocycles. The minimum Gasteiger partial charge on any atom is -0.412 e. The molecule has 0 aliphatic heterocycles. The van der Waals surface area contributed by atoms with Crippen LogP contribution in [0, 0.1) is 0 Å². The molecular formula is C16H22NOP. The molecule has 3 aromatic rings. The fourth-order valence-electron chi connectivity index (χ4n) is 2.51. The van der Waals surface area contributed by atoms with Gasteiger partial charge in [-0.3, -0.25) is 0 Å². The highest BCUT2D eigenvalue weighted by atomic mass is 31.0. The fourth-order valence-corrected chi connectivity index (χ4v) is 2.51. The van der Waals surface area contributed by atoms with Crippen LogP contribution in [0.4, 0.5) is 0 Å². The molecule has 3 N–H and O–H groups in total. The van der Waals surface area contributed by atoms with Gasteiger partial charge in [0.25, 0.3) is 0 Å². The van der Waals surface area contributed by atoms with E-state index in [1.807, 2.05) is 0 Å². The third kappa shape index (κ3) is 2.80. The van der Waals surface area contributed by atoms with Crippen molar-refractivity contribution >= 4 is 31.7 Å². The number of aromatic amines is 1. The molecule has 0 aliphatic rings. The summed E-state index contributed by atoms with van der Waals surface area (Å²) in [4.78, 5) is 3.56. The van der Waals surface area contributed by atoms with Gasteiger partial charge in [-0.05, 0) is 24.5 Å². The number of para-hydroxylation sites is 2. The van der Waals surface area contributed by atoms with Gasteiger partial charge in [0.2, 0.25) is 0 Å². The largest absolute Gasteiger partial charge is 0.412 e. The molecule has 1 atom stereocenters. The molecule has 0 bridgehead atoms. The third-order valence-corrected chi connectivity index (χ3v) is 3.43. The molecule has 1 aromatic heterocycles. The fraction of sp³-hybridized carbons (Fsp3) is 0.250. The summed E-state index contributed by atoms with van der Waals surface area (Å²) in [5, 5.41) is 2.69. The topological polar surface area (TPSA) is 47.3 Å². The van der Waals surface area contributed by atoms with E-state index in [4.69, 9.17) is 0 Å². The van der Waals surface area contributed by atoms with Gasteiger partial charge in [-0.15, -0.1) is 0 Å². The minimum atomic E-state index is 0. The molecule has 0 saturated heterocycles. The van der Waals surface area contributed by atoms with Gasteiger partial charge in [-0.2, -0.15) is 9.90 Å². The van der Waals surface area contributed by atoms with Crippen molar-refractivity contribution in [1.29, 1.82) is 0 Å². The zero-order valence-electron chi connectivity index (χ0n) is 11.4. The maximum absolute atomic E-state index is 3.56. The monoisotopic (exact) mass is 275 g/mol. The number of unbranched alkanes of at least 4 members (excludes halogenated alkanes) is 1. The van der Waals surface area contributed by atoms with Gasteiger partial charge in [0.15, 0.2) is 0 Å². The molecule has 0 aliphatic carbocycles. The number of rotatable bonds is 3. The van der Waals surface area contributed by atoms with E-state index in [-0.39, 0.29) is 15.4 Å². The van der Waals surface area contributed by atoms with E-state index in [0.717, 1.165) is 0 Å². The first-order chi connectivity index (χ1) is 8.40. The molecule has 1 heterocycles. The molecule has 0 spiro atoms. The van der Waals surface area contributed by atoms with Crippen LogP contribution >= 0.6 is 9.90 Å². The first-order valence-electron chi connectivity index (χ1n) is 6.38. The SMILES string of the molecule is CCCCc1cccc2c1[nH]c1ccccc12.O.P. The Balaban J connectivity index is 0.000000902. The van der Waals surface area contributed by atoms with Crippen LogP contribution in [0.15, 0.2) is 42.5 Å². The average Bonchev–Trinajstić information content (AvgIpc) is 2.75. The Morgan fingerprint density at radius 2 is 1.68 bits per heavy atom. The number of aryl methyl sites for hydroxylation is 1. The Kier molecular flexibility index (Phi) is 5.53. The van der Waals surface area contributed by atoms with E-state index in [1.54, 1.807) is 0 Å². The van der Waals surface area contributed by atoms with Crippen LogP contribution in [0.2, 0.25) is 0 Å². The normalized spacial score (nSPS) is 10.2. The summed E-state index contributed by atoms with van der Waals surface area (Å²) in [6.45, 7) is 2.24. The molecular weight excluding hydrogens is 253 g/mol. The van der Waals surface area contributed by atoms with Crippen LogP contribution in [0.5, 0.6) is 0 Å². The van der Waals surface area contributed by atoms with E-state index in [0.29, 0.717) is 0 Å². The van der Waals surface area contributed by atoms with Gasteiger partial charge < -0.3 is 10.5 Å². The Morgan fingerprint density at radius 3 is 2.47 bits per heavy atom. The van der Waals surface area contributed by atoms with E-state index >= 15 is 0 Å². The lowest BCUT2D eigenvalue weighted by Gasteiger charge is -2.01. The van der Waals surface area contributed by atoms with Gasteiger partial charge in [-0.1, -0.05) is 49.7 Å². The van der Waals surface area contributed by atoms with E-state index in [9.17, 15) is 0 Å². The van der Waals surface area contributed by atoms with Crippen LogP contribution in [-0.4, -0.2) is 10.5 Å². The first kappa shape index (κ1) is 15.7. The molecule has 3 rings (SSSR count). The molecule has 2 nitrogen and oxygen atoms in total. The Morgan fingerprint density at radius 1 is 0.947 bits per heavy atom. The Hall–Kier alpha value is -1.37. The second kappa shape index (κ2) is 6.70. The highest BCUT2D eigenvalue weighted by Crippen LogP contribution is 2.28. The quantitative estimate of drug-likeness (QED) is 0.705. The van der Waals surface area contributed by atoms with Crippen molar-refractivity contribution in [3.63, 3.8) is 0 Å². The van der Waals surface area contributed by atoms with Crippen molar-refractivity contribution in [3.05, 3.63) is 48.0 Å². The predicted octanol–water partition coefficient (Wildman–Crippen LogP) is 3.90. The second-order valence-electron chi connectivity index (χ2n) is 4.61. The number of nitrogens with one attached hydrogen (secondary N) is 1. The lowest BCUT2D eigenvalue weighted by molar-refractivity contribution is 0.798. The number of hydrogen-bond acceptors (Lipinski definition) is 0. The molecule has 3 heteroatoms. The summed E-state index contributed by atoms with van der Waals surface area (Å²) in [5.41, 5.74) is 4.01. The van der Waals surface area contributed by atoms with Crippen molar-refractivity contribution in [3.8, 4) is 0 Å². The lowest BCUT2D eigenvalue weighted by atomic mass is 10.0. The van der Waals surface area contributed by atoms with Gasteiger partial charge in [-0.25, -0.2) is 0 Å². The van der Waals surface area contributed by atoms with Gasteiger partial charge in [0, 0.05) is 21.8 Å². The summed E-state index contributed by atoms with van der Waals surface area (Å²) in [5.74, 6) is 0. The molecule has 19 heavy (non-hydrogen) atoms. The van der Waals surface area contributed by atoms with E-state index in [2.05, 4.69) is 54.4 Å². The number of fused-ring (bicyclic) bond motifs is 3. The highest BCUT2D eigenvalue weighted by molar-refractivity contribution is 6.92. The molecule has 102 valence electrons. The van der Waals surface area contributed by atoms with E-state index < -0.39 is 0 Å². The second-order valence-corrected chi connectivity index (χ2v) is 4.61. The zero-order chi connectivity index (χ0) is 11.7. The maximum Gasteiger partial charge on any atom is 0.0497 e. The predicted molar refractivity (Wildman–Crippen MR) is 89.1 cm³/mol. The van der Waals surface area contributed by atoms with Crippen molar-refractivity contribution in [2.24, 2.45) is 0 Å². The molecule has 0 fully saturated rings. The summed E-state index contributed by atoms with van der Waals surface area (Å²) in [6.07, 6.45) is 3.67. The summed E-state index contributed by atoms with van der Waals surface area (Å²) >= 11 is 0. The average molecular weight is 275 g/mol. The smallest absolute Gasteiger partial charge is 0.0497 e. The van der Waals surface area contributed by atoms with E-state index in [1.165, 1.54) is 46.6 Å². The maximum atomic E-state index is 3.56. The van der Waals surface area contributed by atoms with Crippen LogP contribution in [0.1, 0.15) is 25.3 Å². The standard InChI is InChI=1S/C16H17N.H2O.H3P/c1-2-3-7-12-8-6-10-14-13-9-4-5-11-15(13)17-16(12)14;;/h4-6,8-11,17H,2-3,7H2,1H3;1H2;1H3. The van der Waals surface area contributed by atoms with Gasteiger partial charge in [0.1, 0.15) is 0 Å².